The molecule has 2 aromatic heterocycles. The standard InChI is InChI=1S/C19H24N4OS2.ClH/c1-2-21-10-12-22(13-11-21)8-5-9-23-18(24)17-16(20-19(23)25)14-6-3-4-7-15(14)26-17;/h3-4,6-7H,2,5,8-13H2,1H3,(H,20,25);1H. The van der Waals surface area contributed by atoms with Gasteiger partial charge in [0, 0.05) is 42.8 Å². The smallest absolute Gasteiger partial charge is 0.272 e. The van der Waals surface area contributed by atoms with Gasteiger partial charge in [-0.3, -0.25) is 9.36 Å². The van der Waals surface area contributed by atoms with Gasteiger partial charge in [-0.25, -0.2) is 0 Å². The highest BCUT2D eigenvalue weighted by atomic mass is 35.5. The van der Waals surface area contributed by atoms with E-state index in [2.05, 4.69) is 27.8 Å². The molecule has 0 saturated carbocycles. The first-order valence-electron chi connectivity index (χ1n) is 9.26. The second kappa shape index (κ2) is 8.84. The Morgan fingerprint density at radius 2 is 1.81 bits per heavy atom. The number of piperazine rings is 1. The lowest BCUT2D eigenvalue weighted by Crippen LogP contribution is -2.46. The van der Waals surface area contributed by atoms with Crippen LogP contribution < -0.4 is 5.56 Å². The summed E-state index contributed by atoms with van der Waals surface area (Å²) in [6.45, 7) is 9.56. The predicted octanol–water partition coefficient (Wildman–Crippen LogP) is 3.72. The number of hydrogen-bond donors (Lipinski definition) is 1. The zero-order valence-corrected chi connectivity index (χ0v) is 17.9. The van der Waals surface area contributed by atoms with Gasteiger partial charge in [0.25, 0.3) is 5.56 Å². The second-order valence-electron chi connectivity index (χ2n) is 6.82. The van der Waals surface area contributed by atoms with E-state index in [1.807, 2.05) is 18.2 Å². The molecule has 1 fully saturated rings. The normalized spacial score (nSPS) is 16.0. The Morgan fingerprint density at radius 3 is 2.56 bits per heavy atom. The van der Waals surface area contributed by atoms with Crippen molar-refractivity contribution in [1.82, 2.24) is 19.4 Å². The summed E-state index contributed by atoms with van der Waals surface area (Å²) in [6, 6.07) is 8.09. The molecule has 0 unspecified atom stereocenters. The molecule has 0 bridgehead atoms. The second-order valence-corrected chi connectivity index (χ2v) is 8.26. The van der Waals surface area contributed by atoms with Crippen LogP contribution in [-0.2, 0) is 6.54 Å². The quantitative estimate of drug-likeness (QED) is 0.634. The minimum atomic E-state index is 0. The van der Waals surface area contributed by atoms with Crippen molar-refractivity contribution in [1.29, 1.82) is 0 Å². The summed E-state index contributed by atoms with van der Waals surface area (Å²) < 4.78 is 4.16. The Bertz CT molecular complexity index is 1030. The molecule has 1 N–H and O–H groups in total. The van der Waals surface area contributed by atoms with Crippen LogP contribution in [0.5, 0.6) is 0 Å². The highest BCUT2D eigenvalue weighted by molar-refractivity contribution is 7.71. The molecule has 1 aromatic carbocycles. The fourth-order valence-electron chi connectivity index (χ4n) is 3.69. The summed E-state index contributed by atoms with van der Waals surface area (Å²) in [6.07, 6.45) is 0.944. The molecule has 1 saturated heterocycles. The third kappa shape index (κ3) is 4.12. The zero-order chi connectivity index (χ0) is 18.1. The topological polar surface area (TPSA) is 44.3 Å². The molecule has 0 amide bonds. The maximum absolute atomic E-state index is 12.9. The van der Waals surface area contributed by atoms with Crippen molar-refractivity contribution in [2.24, 2.45) is 0 Å². The third-order valence-electron chi connectivity index (χ3n) is 5.28. The highest BCUT2D eigenvalue weighted by Gasteiger charge is 2.16. The molecule has 0 atom stereocenters. The molecule has 5 nitrogen and oxygen atoms in total. The molecule has 0 radical (unpaired) electrons. The van der Waals surface area contributed by atoms with Crippen LogP contribution in [0.2, 0.25) is 0 Å². The number of halogens is 1. The Hall–Kier alpha value is -1.25. The summed E-state index contributed by atoms with van der Waals surface area (Å²) in [4.78, 5) is 21.2. The summed E-state index contributed by atoms with van der Waals surface area (Å²) in [5.41, 5.74) is 0.924. The summed E-state index contributed by atoms with van der Waals surface area (Å²) in [5.74, 6) is 0. The Labute approximate surface area is 174 Å². The average Bonchev–Trinajstić information content (AvgIpc) is 3.04. The number of rotatable bonds is 5. The van der Waals surface area contributed by atoms with E-state index < -0.39 is 0 Å². The van der Waals surface area contributed by atoms with E-state index in [0.29, 0.717) is 11.3 Å². The summed E-state index contributed by atoms with van der Waals surface area (Å²) in [5, 5.41) is 1.08. The summed E-state index contributed by atoms with van der Waals surface area (Å²) in [7, 11) is 0. The van der Waals surface area contributed by atoms with Gasteiger partial charge >= 0.3 is 0 Å². The van der Waals surface area contributed by atoms with Crippen molar-refractivity contribution in [3.8, 4) is 0 Å². The number of likely N-dealkylation sites (N-methyl/N-ethyl adjacent to an activating group) is 1. The van der Waals surface area contributed by atoms with Crippen LogP contribution in [0.15, 0.2) is 29.1 Å². The minimum absolute atomic E-state index is 0. The van der Waals surface area contributed by atoms with E-state index in [0.717, 1.165) is 66.0 Å². The molecule has 1 aliphatic rings. The maximum atomic E-state index is 12.9. The van der Waals surface area contributed by atoms with Gasteiger partial charge in [-0.15, -0.1) is 23.7 Å². The monoisotopic (exact) mass is 424 g/mol. The Balaban J connectivity index is 0.00000210. The first-order valence-corrected chi connectivity index (χ1v) is 10.5. The lowest BCUT2D eigenvalue weighted by atomic mass is 10.2. The van der Waals surface area contributed by atoms with Gasteiger partial charge in [-0.05, 0) is 37.8 Å². The average molecular weight is 425 g/mol. The molecule has 4 rings (SSSR count). The molecule has 0 spiro atoms. The van der Waals surface area contributed by atoms with E-state index in [1.165, 1.54) is 0 Å². The Morgan fingerprint density at radius 1 is 1.11 bits per heavy atom. The van der Waals surface area contributed by atoms with Crippen molar-refractivity contribution < 1.29 is 0 Å². The van der Waals surface area contributed by atoms with E-state index in [9.17, 15) is 4.79 Å². The lowest BCUT2D eigenvalue weighted by molar-refractivity contribution is 0.135. The predicted molar refractivity (Wildman–Crippen MR) is 119 cm³/mol. The molecule has 3 aromatic rings. The number of fused-ring (bicyclic) bond motifs is 3. The molecular weight excluding hydrogens is 400 g/mol. The number of aromatic nitrogens is 2. The first kappa shape index (κ1) is 20.5. The number of H-pyrrole nitrogens is 1. The fourth-order valence-corrected chi connectivity index (χ4v) is 5.08. The van der Waals surface area contributed by atoms with Crippen LogP contribution in [0.25, 0.3) is 20.3 Å². The van der Waals surface area contributed by atoms with Crippen molar-refractivity contribution in [2.45, 2.75) is 19.9 Å². The van der Waals surface area contributed by atoms with Crippen molar-refractivity contribution >= 4 is 56.3 Å². The van der Waals surface area contributed by atoms with Gasteiger partial charge in [0.15, 0.2) is 4.77 Å². The van der Waals surface area contributed by atoms with Crippen LogP contribution in [0, 0.1) is 4.77 Å². The number of thiophene rings is 1. The van der Waals surface area contributed by atoms with Crippen LogP contribution in [0.4, 0.5) is 0 Å². The molecule has 3 heterocycles. The van der Waals surface area contributed by atoms with Crippen LogP contribution in [0.3, 0.4) is 0 Å². The van der Waals surface area contributed by atoms with Crippen LogP contribution in [-0.4, -0.2) is 58.6 Å². The van der Waals surface area contributed by atoms with Gasteiger partial charge in [-0.1, -0.05) is 25.1 Å². The van der Waals surface area contributed by atoms with Crippen molar-refractivity contribution in [2.75, 3.05) is 39.3 Å². The first-order chi connectivity index (χ1) is 12.7. The van der Waals surface area contributed by atoms with Crippen molar-refractivity contribution in [3.05, 3.63) is 39.4 Å². The molecule has 0 aliphatic carbocycles. The molecule has 27 heavy (non-hydrogen) atoms. The van der Waals surface area contributed by atoms with Gasteiger partial charge in [0.05, 0.1) is 5.52 Å². The molecule has 146 valence electrons. The zero-order valence-electron chi connectivity index (χ0n) is 15.4. The van der Waals surface area contributed by atoms with Gasteiger partial charge in [0.1, 0.15) is 4.70 Å². The van der Waals surface area contributed by atoms with E-state index in [1.54, 1.807) is 15.9 Å². The van der Waals surface area contributed by atoms with Crippen molar-refractivity contribution in [3.63, 3.8) is 0 Å². The molecule has 1 aliphatic heterocycles. The van der Waals surface area contributed by atoms with E-state index in [4.69, 9.17) is 12.2 Å². The van der Waals surface area contributed by atoms with Gasteiger partial charge in [-0.2, -0.15) is 0 Å². The highest BCUT2D eigenvalue weighted by Crippen LogP contribution is 2.29. The lowest BCUT2D eigenvalue weighted by Gasteiger charge is -2.34. The summed E-state index contributed by atoms with van der Waals surface area (Å²) >= 11 is 7.04. The molecular formula is C19H25ClN4OS2. The number of aromatic amines is 1. The van der Waals surface area contributed by atoms with Crippen LogP contribution >= 0.6 is 36.0 Å². The minimum Gasteiger partial charge on any atom is -0.330 e. The van der Waals surface area contributed by atoms with Gasteiger partial charge in [0.2, 0.25) is 0 Å². The maximum Gasteiger partial charge on any atom is 0.272 e. The third-order valence-corrected chi connectivity index (χ3v) is 6.76. The van der Waals surface area contributed by atoms with E-state index in [-0.39, 0.29) is 18.0 Å². The van der Waals surface area contributed by atoms with E-state index >= 15 is 0 Å². The fraction of sp³-hybridized carbons (Fsp3) is 0.474. The van der Waals surface area contributed by atoms with Crippen LogP contribution in [0.1, 0.15) is 13.3 Å². The SMILES string of the molecule is CCN1CCN(CCCn2c(=S)[nH]c3c(sc4ccccc43)c2=O)CC1.Cl. The largest absolute Gasteiger partial charge is 0.330 e. The number of benzene rings is 1. The Kier molecular flexibility index (Phi) is 6.70. The van der Waals surface area contributed by atoms with Gasteiger partial charge < -0.3 is 14.8 Å². The number of nitrogens with zero attached hydrogens (tertiary/aromatic N) is 3. The number of nitrogens with one attached hydrogen (secondary N) is 1. The molecule has 8 heteroatoms. The number of hydrogen-bond acceptors (Lipinski definition) is 5.